The monoisotopic (exact) mass is 301 g/mol. The van der Waals surface area contributed by atoms with Crippen LogP contribution in [-0.4, -0.2) is 24.7 Å². The number of carbonyl (C=O) groups is 1. The van der Waals surface area contributed by atoms with Gasteiger partial charge in [-0.2, -0.15) is 0 Å². The molecule has 1 aromatic carbocycles. The summed E-state index contributed by atoms with van der Waals surface area (Å²) in [6.07, 6.45) is 3.85. The van der Waals surface area contributed by atoms with Crippen LogP contribution < -0.4 is 4.72 Å². The van der Waals surface area contributed by atoms with Gasteiger partial charge in [-0.05, 0) is 31.0 Å². The van der Waals surface area contributed by atoms with E-state index in [4.69, 9.17) is 5.11 Å². The third-order valence-electron chi connectivity index (χ3n) is 3.46. The summed E-state index contributed by atoms with van der Waals surface area (Å²) in [5.41, 5.74) is -0.478. The average Bonchev–Trinajstić information content (AvgIpc) is 2.41. The minimum absolute atomic E-state index is 0.0931. The first-order valence-corrected chi connectivity index (χ1v) is 7.99. The Labute approximate surface area is 116 Å². The quantitative estimate of drug-likeness (QED) is 0.895. The summed E-state index contributed by atoms with van der Waals surface area (Å²) in [6, 6.07) is 2.98. The molecule has 0 heterocycles. The van der Waals surface area contributed by atoms with Gasteiger partial charge in [-0.3, -0.25) is 4.72 Å². The van der Waals surface area contributed by atoms with Crippen molar-refractivity contribution in [2.75, 3.05) is 4.72 Å². The van der Waals surface area contributed by atoms with Gasteiger partial charge in [0.2, 0.25) is 10.0 Å². The largest absolute Gasteiger partial charge is 0.478 e. The number of carboxylic acid groups (broad SMARTS) is 1. The Bertz CT molecular complexity index is 609. The molecule has 2 rings (SSSR count). The Balaban J connectivity index is 2.27. The Morgan fingerprint density at radius 3 is 2.50 bits per heavy atom. The molecule has 7 heteroatoms. The van der Waals surface area contributed by atoms with Gasteiger partial charge in [-0.15, -0.1) is 0 Å². The fourth-order valence-electron chi connectivity index (χ4n) is 2.39. The van der Waals surface area contributed by atoms with E-state index in [1.165, 1.54) is 0 Å². The van der Waals surface area contributed by atoms with E-state index >= 15 is 0 Å². The zero-order valence-corrected chi connectivity index (χ0v) is 11.6. The van der Waals surface area contributed by atoms with Crippen LogP contribution in [-0.2, 0) is 10.0 Å². The van der Waals surface area contributed by atoms with Crippen molar-refractivity contribution in [2.45, 2.75) is 37.4 Å². The van der Waals surface area contributed by atoms with E-state index in [9.17, 15) is 17.6 Å². The number of rotatable bonds is 4. The van der Waals surface area contributed by atoms with Crippen molar-refractivity contribution in [3.8, 4) is 0 Å². The smallest absolute Gasteiger partial charge is 0.337 e. The number of halogens is 1. The number of benzene rings is 1. The Hall–Kier alpha value is -1.63. The minimum atomic E-state index is -3.64. The zero-order valence-electron chi connectivity index (χ0n) is 10.8. The third-order valence-corrected chi connectivity index (χ3v) is 5.31. The highest BCUT2D eigenvalue weighted by atomic mass is 32.2. The molecule has 0 unspecified atom stereocenters. The summed E-state index contributed by atoms with van der Waals surface area (Å²) in [4.78, 5) is 11.0. The molecule has 0 aliphatic heterocycles. The van der Waals surface area contributed by atoms with Gasteiger partial charge in [0.1, 0.15) is 5.82 Å². The molecule has 1 aliphatic carbocycles. The van der Waals surface area contributed by atoms with E-state index in [0.717, 1.165) is 37.5 Å². The first kappa shape index (κ1) is 14.8. The van der Waals surface area contributed by atoms with Gasteiger partial charge >= 0.3 is 5.97 Å². The number of aromatic carboxylic acids is 1. The summed E-state index contributed by atoms with van der Waals surface area (Å²) in [5, 5.41) is 8.48. The molecule has 0 amide bonds. The van der Waals surface area contributed by atoms with E-state index in [-0.39, 0.29) is 11.3 Å². The average molecular weight is 301 g/mol. The maximum absolute atomic E-state index is 13.1. The number of nitrogens with one attached hydrogen (secondary N) is 1. The standard InChI is InChI=1S/C13H16FNO4S/c14-9-6-7-12(11(8-9)13(16)17)15-20(18,19)10-4-2-1-3-5-10/h6-8,10,15H,1-5H2,(H,16,17). The van der Waals surface area contributed by atoms with Crippen molar-refractivity contribution < 1.29 is 22.7 Å². The number of sulfonamides is 1. The molecule has 0 spiro atoms. The fraction of sp³-hybridized carbons (Fsp3) is 0.462. The number of carboxylic acids is 1. The highest BCUT2D eigenvalue weighted by Crippen LogP contribution is 2.26. The Kier molecular flexibility index (Phi) is 4.27. The molecule has 0 saturated heterocycles. The third kappa shape index (κ3) is 3.27. The van der Waals surface area contributed by atoms with Gasteiger partial charge in [0.15, 0.2) is 0 Å². The lowest BCUT2D eigenvalue weighted by molar-refractivity contribution is 0.0697. The van der Waals surface area contributed by atoms with E-state index in [2.05, 4.69) is 4.72 Å². The second kappa shape index (κ2) is 5.78. The number of hydrogen-bond acceptors (Lipinski definition) is 3. The summed E-state index contributed by atoms with van der Waals surface area (Å²) in [7, 11) is -3.64. The van der Waals surface area contributed by atoms with E-state index in [0.29, 0.717) is 12.8 Å². The highest BCUT2D eigenvalue weighted by molar-refractivity contribution is 7.93. The molecule has 1 aromatic rings. The van der Waals surface area contributed by atoms with Crippen molar-refractivity contribution in [2.24, 2.45) is 0 Å². The first-order chi connectivity index (χ1) is 9.40. The second-order valence-electron chi connectivity index (χ2n) is 4.90. The van der Waals surface area contributed by atoms with Gasteiger partial charge in [0, 0.05) is 0 Å². The van der Waals surface area contributed by atoms with Crippen molar-refractivity contribution in [3.63, 3.8) is 0 Å². The Morgan fingerprint density at radius 1 is 1.25 bits per heavy atom. The molecule has 0 aromatic heterocycles. The van der Waals surface area contributed by atoms with Gasteiger partial charge in [-0.25, -0.2) is 17.6 Å². The van der Waals surface area contributed by atoms with Crippen molar-refractivity contribution in [1.82, 2.24) is 0 Å². The molecule has 1 saturated carbocycles. The molecule has 0 atom stereocenters. The fourth-order valence-corrected chi connectivity index (χ4v) is 4.00. The van der Waals surface area contributed by atoms with E-state index in [1.807, 2.05) is 0 Å². The van der Waals surface area contributed by atoms with Crippen LogP contribution in [0.15, 0.2) is 18.2 Å². The second-order valence-corrected chi connectivity index (χ2v) is 6.86. The minimum Gasteiger partial charge on any atom is -0.478 e. The maximum Gasteiger partial charge on any atom is 0.337 e. The molecular formula is C13H16FNO4S. The molecule has 0 bridgehead atoms. The van der Waals surface area contributed by atoms with Gasteiger partial charge < -0.3 is 5.11 Å². The van der Waals surface area contributed by atoms with Crippen LogP contribution in [0.1, 0.15) is 42.5 Å². The predicted octanol–water partition coefficient (Wildman–Crippen LogP) is 2.60. The molecule has 5 nitrogen and oxygen atoms in total. The summed E-state index contributed by atoms with van der Waals surface area (Å²) in [6.45, 7) is 0. The van der Waals surface area contributed by atoms with Gasteiger partial charge in [0.05, 0.1) is 16.5 Å². The lowest BCUT2D eigenvalue weighted by Gasteiger charge is -2.22. The predicted molar refractivity (Wildman–Crippen MR) is 72.8 cm³/mol. The molecule has 110 valence electrons. The SMILES string of the molecule is O=C(O)c1cc(F)ccc1NS(=O)(=O)C1CCCCC1. The van der Waals surface area contributed by atoms with Gasteiger partial charge in [0.25, 0.3) is 0 Å². The summed E-state index contributed by atoms with van der Waals surface area (Å²) in [5.74, 6) is -2.09. The molecule has 2 N–H and O–H groups in total. The molecule has 1 fully saturated rings. The maximum atomic E-state index is 13.1. The summed E-state index contributed by atoms with van der Waals surface area (Å²) < 4.78 is 39.8. The van der Waals surface area contributed by atoms with Crippen LogP contribution in [0.5, 0.6) is 0 Å². The lowest BCUT2D eigenvalue weighted by Crippen LogP contribution is -2.30. The molecule has 0 radical (unpaired) electrons. The lowest BCUT2D eigenvalue weighted by atomic mass is 10.0. The van der Waals surface area contributed by atoms with Crippen LogP contribution in [0.3, 0.4) is 0 Å². The van der Waals surface area contributed by atoms with E-state index < -0.39 is 27.1 Å². The number of hydrogen-bond donors (Lipinski definition) is 2. The van der Waals surface area contributed by atoms with Crippen molar-refractivity contribution in [1.29, 1.82) is 0 Å². The van der Waals surface area contributed by atoms with Crippen LogP contribution in [0, 0.1) is 5.82 Å². The van der Waals surface area contributed by atoms with Crippen LogP contribution >= 0.6 is 0 Å². The van der Waals surface area contributed by atoms with Gasteiger partial charge in [-0.1, -0.05) is 19.3 Å². The van der Waals surface area contributed by atoms with Crippen LogP contribution in [0.2, 0.25) is 0 Å². The molecule has 1 aliphatic rings. The zero-order chi connectivity index (χ0) is 14.8. The van der Waals surface area contributed by atoms with Crippen LogP contribution in [0.25, 0.3) is 0 Å². The summed E-state index contributed by atoms with van der Waals surface area (Å²) >= 11 is 0. The van der Waals surface area contributed by atoms with Crippen LogP contribution in [0.4, 0.5) is 10.1 Å². The normalized spacial score (nSPS) is 16.9. The van der Waals surface area contributed by atoms with Crippen molar-refractivity contribution >= 4 is 21.7 Å². The van der Waals surface area contributed by atoms with E-state index in [1.54, 1.807) is 0 Å². The molecule has 20 heavy (non-hydrogen) atoms. The van der Waals surface area contributed by atoms with Crippen molar-refractivity contribution in [3.05, 3.63) is 29.6 Å². The number of anilines is 1. The first-order valence-electron chi connectivity index (χ1n) is 6.44. The highest BCUT2D eigenvalue weighted by Gasteiger charge is 2.28. The topological polar surface area (TPSA) is 83.5 Å². The Morgan fingerprint density at radius 2 is 1.90 bits per heavy atom. The molecular weight excluding hydrogens is 285 g/mol.